The number of amides is 2. The number of benzene rings is 2. The smallest absolute Gasteiger partial charge is 0.416 e. The monoisotopic (exact) mass is 396 g/mol. The average Bonchev–Trinajstić information content (AvgIpc) is 2.65. The molecule has 148 valence electrons. The van der Waals surface area contributed by atoms with Gasteiger partial charge < -0.3 is 4.74 Å². The Morgan fingerprint density at radius 2 is 1.75 bits per heavy atom. The Bertz CT molecular complexity index is 864. The molecule has 2 aromatic rings. The van der Waals surface area contributed by atoms with E-state index >= 15 is 0 Å². The molecule has 9 heteroatoms. The van der Waals surface area contributed by atoms with Crippen molar-refractivity contribution in [3.05, 3.63) is 71.6 Å². The van der Waals surface area contributed by atoms with E-state index in [1.54, 1.807) is 0 Å². The first kappa shape index (κ1) is 20.9. The molecule has 0 spiro atoms. The van der Waals surface area contributed by atoms with Gasteiger partial charge in [-0.15, -0.1) is 0 Å². The van der Waals surface area contributed by atoms with E-state index < -0.39 is 35.5 Å². The van der Waals surface area contributed by atoms with E-state index in [4.69, 9.17) is 4.74 Å². The Hall–Kier alpha value is -3.36. The maximum atomic E-state index is 12.8. The number of ether oxygens (including phenoxy) is 1. The summed E-state index contributed by atoms with van der Waals surface area (Å²) in [7, 11) is 0. The van der Waals surface area contributed by atoms with Crippen LogP contribution in [-0.4, -0.2) is 17.9 Å². The molecule has 2 aromatic carbocycles. The lowest BCUT2D eigenvalue weighted by Crippen LogP contribution is -2.46. The molecule has 2 N–H and O–H groups in total. The Morgan fingerprint density at radius 1 is 1.07 bits per heavy atom. The van der Waals surface area contributed by atoms with Gasteiger partial charge in [0.2, 0.25) is 0 Å². The summed E-state index contributed by atoms with van der Waals surface area (Å²) in [6.07, 6.45) is -3.32. The number of nitrogens with one attached hydrogen (secondary N) is 2. The first-order valence-electron chi connectivity index (χ1n) is 8.02. The molecule has 0 radical (unpaired) electrons. The highest BCUT2D eigenvalue weighted by atomic mass is 19.4. The Morgan fingerprint density at radius 3 is 2.39 bits per heavy atom. The zero-order valence-corrected chi connectivity index (χ0v) is 14.6. The van der Waals surface area contributed by atoms with Gasteiger partial charge in [-0.25, -0.2) is 4.39 Å². The molecule has 28 heavy (non-hydrogen) atoms. The van der Waals surface area contributed by atoms with Gasteiger partial charge >= 0.3 is 6.18 Å². The van der Waals surface area contributed by atoms with E-state index in [0.29, 0.717) is 0 Å². The largest absolute Gasteiger partial charge is 0.481 e. The third kappa shape index (κ3) is 6.42. The van der Waals surface area contributed by atoms with Gasteiger partial charge in [-0.2, -0.15) is 13.2 Å². The molecule has 2 rings (SSSR count). The minimum Gasteiger partial charge on any atom is -0.481 e. The molecule has 0 aliphatic heterocycles. The lowest BCUT2D eigenvalue weighted by Gasteiger charge is -2.14. The van der Waals surface area contributed by atoms with Gasteiger partial charge in [0, 0.05) is 6.08 Å². The minimum atomic E-state index is -4.49. The van der Waals surface area contributed by atoms with Gasteiger partial charge in [-0.05, 0) is 55.0 Å². The zero-order chi connectivity index (χ0) is 20.7. The van der Waals surface area contributed by atoms with E-state index in [1.165, 1.54) is 49.4 Å². The number of rotatable bonds is 5. The van der Waals surface area contributed by atoms with Crippen molar-refractivity contribution in [2.45, 2.75) is 19.2 Å². The second-order valence-electron chi connectivity index (χ2n) is 5.65. The summed E-state index contributed by atoms with van der Waals surface area (Å²) in [6, 6.07) is 9.44. The highest BCUT2D eigenvalue weighted by Gasteiger charge is 2.30. The maximum absolute atomic E-state index is 12.8. The predicted octanol–water partition coefficient (Wildman–Crippen LogP) is 3.47. The summed E-state index contributed by atoms with van der Waals surface area (Å²) in [5.74, 6) is -1.62. The maximum Gasteiger partial charge on any atom is 0.416 e. The van der Waals surface area contributed by atoms with Gasteiger partial charge in [0.05, 0.1) is 5.56 Å². The summed E-state index contributed by atoms with van der Waals surface area (Å²) < 4.78 is 56.0. The number of carbonyl (C=O) groups excluding carboxylic acids is 2. The number of halogens is 4. The van der Waals surface area contributed by atoms with Crippen LogP contribution < -0.4 is 15.6 Å². The lowest BCUT2D eigenvalue weighted by atomic mass is 10.1. The molecule has 5 nitrogen and oxygen atoms in total. The predicted molar refractivity (Wildman–Crippen MR) is 93.3 cm³/mol. The summed E-state index contributed by atoms with van der Waals surface area (Å²) in [6.45, 7) is 1.42. The fourth-order valence-electron chi connectivity index (χ4n) is 2.03. The first-order valence-corrected chi connectivity index (χ1v) is 8.02. The number of hydrazine groups is 1. The molecule has 0 aliphatic rings. The van der Waals surface area contributed by atoms with Crippen molar-refractivity contribution in [2.75, 3.05) is 0 Å². The van der Waals surface area contributed by atoms with E-state index in [-0.39, 0.29) is 11.3 Å². The number of hydrogen-bond donors (Lipinski definition) is 2. The van der Waals surface area contributed by atoms with Gasteiger partial charge in [-0.3, -0.25) is 20.4 Å². The Balaban J connectivity index is 1.85. The van der Waals surface area contributed by atoms with Crippen molar-refractivity contribution in [1.82, 2.24) is 10.9 Å². The van der Waals surface area contributed by atoms with Crippen LogP contribution in [0, 0.1) is 5.82 Å². The van der Waals surface area contributed by atoms with Crippen molar-refractivity contribution in [3.8, 4) is 5.75 Å². The van der Waals surface area contributed by atoms with Crippen LogP contribution in [-0.2, 0) is 15.8 Å². The summed E-state index contributed by atoms with van der Waals surface area (Å²) in [5.41, 5.74) is 3.54. The van der Waals surface area contributed by atoms with Crippen LogP contribution in [0.2, 0.25) is 0 Å². The molecule has 0 saturated carbocycles. The normalized spacial score (nSPS) is 12.5. The van der Waals surface area contributed by atoms with Gasteiger partial charge in [0.1, 0.15) is 11.6 Å². The highest BCUT2D eigenvalue weighted by Crippen LogP contribution is 2.29. The van der Waals surface area contributed by atoms with Crippen LogP contribution in [0.3, 0.4) is 0 Å². The van der Waals surface area contributed by atoms with Crippen molar-refractivity contribution in [2.24, 2.45) is 0 Å². The van der Waals surface area contributed by atoms with Crippen LogP contribution in [0.1, 0.15) is 18.1 Å². The standard InChI is InChI=1S/C19H16F4N2O3/c1-12(28-16-8-6-15(20)7-9-16)18(27)25-24-17(26)10-5-13-3-2-4-14(11-13)19(21,22)23/h2-12H,1H3,(H,24,26)(H,25,27)/b10-5+. The van der Waals surface area contributed by atoms with Crippen molar-refractivity contribution in [3.63, 3.8) is 0 Å². The van der Waals surface area contributed by atoms with Gasteiger partial charge in [-0.1, -0.05) is 12.1 Å². The zero-order valence-electron chi connectivity index (χ0n) is 14.6. The first-order chi connectivity index (χ1) is 13.1. The van der Waals surface area contributed by atoms with Gasteiger partial charge in [0.15, 0.2) is 6.10 Å². The number of carbonyl (C=O) groups is 2. The Labute approximate surface area is 158 Å². The van der Waals surface area contributed by atoms with Crippen LogP contribution in [0.5, 0.6) is 5.75 Å². The third-order valence-corrected chi connectivity index (χ3v) is 3.45. The van der Waals surface area contributed by atoms with E-state index in [1.807, 2.05) is 0 Å². The molecule has 2 amide bonds. The molecule has 0 heterocycles. The molecular formula is C19H16F4N2O3. The third-order valence-electron chi connectivity index (χ3n) is 3.45. The summed E-state index contributed by atoms with van der Waals surface area (Å²) >= 11 is 0. The van der Waals surface area contributed by atoms with Gasteiger partial charge in [0.25, 0.3) is 11.8 Å². The highest BCUT2D eigenvalue weighted by molar-refractivity contribution is 5.93. The molecule has 1 unspecified atom stereocenters. The van der Waals surface area contributed by atoms with Crippen LogP contribution in [0.4, 0.5) is 17.6 Å². The lowest BCUT2D eigenvalue weighted by molar-refractivity contribution is -0.137. The molecule has 0 bridgehead atoms. The van der Waals surface area contributed by atoms with E-state index in [2.05, 4.69) is 10.9 Å². The molecule has 1 atom stereocenters. The summed E-state index contributed by atoms with van der Waals surface area (Å²) in [4.78, 5) is 23.6. The van der Waals surface area contributed by atoms with Crippen LogP contribution in [0.15, 0.2) is 54.6 Å². The second-order valence-corrected chi connectivity index (χ2v) is 5.65. The van der Waals surface area contributed by atoms with Crippen LogP contribution >= 0.6 is 0 Å². The van der Waals surface area contributed by atoms with Crippen molar-refractivity contribution >= 4 is 17.9 Å². The van der Waals surface area contributed by atoms with Crippen molar-refractivity contribution < 1.29 is 31.9 Å². The molecule has 0 saturated heterocycles. The topological polar surface area (TPSA) is 67.4 Å². The number of hydrogen-bond acceptors (Lipinski definition) is 3. The molecule has 0 fully saturated rings. The van der Waals surface area contributed by atoms with E-state index in [0.717, 1.165) is 18.2 Å². The minimum absolute atomic E-state index is 0.171. The number of alkyl halides is 3. The quantitative estimate of drug-likeness (QED) is 0.462. The molecule has 0 aliphatic carbocycles. The fourth-order valence-corrected chi connectivity index (χ4v) is 2.03. The molecule has 0 aromatic heterocycles. The Kier molecular flexibility index (Phi) is 6.75. The second kappa shape index (κ2) is 9.03. The average molecular weight is 396 g/mol. The molecular weight excluding hydrogens is 380 g/mol. The van der Waals surface area contributed by atoms with Crippen LogP contribution in [0.25, 0.3) is 6.08 Å². The SMILES string of the molecule is CC(Oc1ccc(F)cc1)C(=O)NNC(=O)/C=C/c1cccc(C(F)(F)F)c1. The van der Waals surface area contributed by atoms with E-state index in [9.17, 15) is 27.2 Å². The van der Waals surface area contributed by atoms with Crippen molar-refractivity contribution in [1.29, 1.82) is 0 Å². The summed E-state index contributed by atoms with van der Waals surface area (Å²) in [5, 5.41) is 0. The fraction of sp³-hybridized carbons (Fsp3) is 0.158.